The maximum Gasteiger partial charge on any atom is 0.270 e. The molecule has 0 spiro atoms. The van der Waals surface area contributed by atoms with Gasteiger partial charge in [0.15, 0.2) is 0 Å². The molecule has 2 rings (SSSR count). The summed E-state index contributed by atoms with van der Waals surface area (Å²) in [7, 11) is 1.61. The van der Waals surface area contributed by atoms with Crippen LogP contribution < -0.4 is 15.6 Å². The molecule has 1 aromatic heterocycles. The zero-order valence-corrected chi connectivity index (χ0v) is 11.1. The molecule has 0 aliphatic carbocycles. The molecule has 20 heavy (non-hydrogen) atoms. The molecule has 6 heteroatoms. The summed E-state index contributed by atoms with van der Waals surface area (Å²) in [6, 6.07) is 8.78. The Balaban J connectivity index is 1.93. The van der Waals surface area contributed by atoms with Gasteiger partial charge in [0.05, 0.1) is 13.4 Å². The average molecular weight is 273 g/mol. The van der Waals surface area contributed by atoms with Crippen molar-refractivity contribution in [2.24, 2.45) is 0 Å². The second-order valence-corrected chi connectivity index (χ2v) is 4.11. The Morgan fingerprint density at radius 1 is 1.40 bits per heavy atom. The van der Waals surface area contributed by atoms with Crippen molar-refractivity contribution < 1.29 is 9.53 Å². The van der Waals surface area contributed by atoms with Crippen molar-refractivity contribution in [2.75, 3.05) is 13.7 Å². The van der Waals surface area contributed by atoms with E-state index in [9.17, 15) is 9.59 Å². The van der Waals surface area contributed by atoms with Crippen molar-refractivity contribution in [1.29, 1.82) is 0 Å². The molecule has 0 radical (unpaired) electrons. The molecule has 0 fully saturated rings. The molecule has 0 aliphatic rings. The molecule has 0 saturated carbocycles. The number of aromatic nitrogens is 2. The summed E-state index contributed by atoms with van der Waals surface area (Å²) in [5, 5.41) is 2.72. The third kappa shape index (κ3) is 3.44. The van der Waals surface area contributed by atoms with Gasteiger partial charge < -0.3 is 15.0 Å². The fourth-order valence-electron chi connectivity index (χ4n) is 1.80. The highest BCUT2D eigenvalue weighted by Gasteiger charge is 2.07. The molecule has 2 aromatic rings. The minimum Gasteiger partial charge on any atom is -0.496 e. The zero-order chi connectivity index (χ0) is 14.4. The Kier molecular flexibility index (Phi) is 4.49. The van der Waals surface area contributed by atoms with Crippen LogP contribution in [0.5, 0.6) is 5.75 Å². The number of nitrogens with one attached hydrogen (secondary N) is 2. The van der Waals surface area contributed by atoms with Gasteiger partial charge in [-0.3, -0.25) is 9.59 Å². The molecule has 6 nitrogen and oxygen atoms in total. The molecule has 1 aromatic carbocycles. The van der Waals surface area contributed by atoms with Gasteiger partial charge in [-0.15, -0.1) is 0 Å². The molecule has 0 atom stereocenters. The van der Waals surface area contributed by atoms with E-state index >= 15 is 0 Å². The summed E-state index contributed by atoms with van der Waals surface area (Å²) in [5.74, 6) is 0.419. The van der Waals surface area contributed by atoms with E-state index in [4.69, 9.17) is 4.74 Å². The zero-order valence-electron chi connectivity index (χ0n) is 11.1. The summed E-state index contributed by atoms with van der Waals surface area (Å²) in [4.78, 5) is 29.0. The van der Waals surface area contributed by atoms with Crippen LogP contribution in [0, 0.1) is 0 Å². The van der Waals surface area contributed by atoms with Crippen LogP contribution in [0.25, 0.3) is 0 Å². The summed E-state index contributed by atoms with van der Waals surface area (Å²) >= 11 is 0. The number of H-pyrrole nitrogens is 1. The van der Waals surface area contributed by atoms with Gasteiger partial charge in [0.25, 0.3) is 11.5 Å². The molecule has 0 aliphatic heterocycles. The van der Waals surface area contributed by atoms with E-state index < -0.39 is 0 Å². The smallest absolute Gasteiger partial charge is 0.270 e. The van der Waals surface area contributed by atoms with Crippen molar-refractivity contribution >= 4 is 5.91 Å². The number of benzene rings is 1. The molecule has 104 valence electrons. The Bertz CT molecular complexity index is 652. The lowest BCUT2D eigenvalue weighted by atomic mass is 10.1. The van der Waals surface area contributed by atoms with Crippen LogP contribution in [0.4, 0.5) is 0 Å². The first kappa shape index (κ1) is 13.8. The van der Waals surface area contributed by atoms with Crippen molar-refractivity contribution in [1.82, 2.24) is 15.3 Å². The monoisotopic (exact) mass is 273 g/mol. The number of nitrogens with zero attached hydrogens (tertiary/aromatic N) is 1. The highest BCUT2D eigenvalue weighted by Crippen LogP contribution is 2.17. The largest absolute Gasteiger partial charge is 0.496 e. The van der Waals surface area contributed by atoms with Crippen molar-refractivity contribution in [2.45, 2.75) is 6.42 Å². The van der Waals surface area contributed by atoms with Crippen LogP contribution in [0.15, 0.2) is 41.5 Å². The van der Waals surface area contributed by atoms with Gasteiger partial charge in [0.1, 0.15) is 11.4 Å². The number of carbonyl (C=O) groups excluding carboxylic acids is 1. The lowest BCUT2D eigenvalue weighted by molar-refractivity contribution is 0.0948. The molecule has 1 amide bonds. The van der Waals surface area contributed by atoms with Crippen molar-refractivity contribution in [3.63, 3.8) is 0 Å². The molecule has 2 N–H and O–H groups in total. The van der Waals surface area contributed by atoms with Gasteiger partial charge >= 0.3 is 0 Å². The standard InChI is InChI=1S/C14H15N3O3/c1-20-12-5-3-2-4-10(12)6-7-15-14(19)11-8-13(18)17-9-16-11/h2-5,8-9H,6-7H2,1H3,(H,15,19)(H,16,17,18). The third-order valence-electron chi connectivity index (χ3n) is 2.78. The normalized spacial score (nSPS) is 10.1. The number of carbonyl (C=O) groups is 1. The molecular formula is C14H15N3O3. The van der Waals surface area contributed by atoms with E-state index in [0.29, 0.717) is 13.0 Å². The van der Waals surface area contributed by atoms with Crippen LogP contribution in [-0.2, 0) is 6.42 Å². The van der Waals surface area contributed by atoms with Gasteiger partial charge in [-0.25, -0.2) is 4.98 Å². The summed E-state index contributed by atoms with van der Waals surface area (Å²) in [6.07, 6.45) is 1.84. The fourth-order valence-corrected chi connectivity index (χ4v) is 1.80. The minimum absolute atomic E-state index is 0.105. The Morgan fingerprint density at radius 3 is 2.95 bits per heavy atom. The van der Waals surface area contributed by atoms with Gasteiger partial charge in [-0.2, -0.15) is 0 Å². The average Bonchev–Trinajstić information content (AvgIpc) is 2.47. The quantitative estimate of drug-likeness (QED) is 0.842. The number of rotatable bonds is 5. The number of methoxy groups -OCH3 is 1. The van der Waals surface area contributed by atoms with Gasteiger partial charge in [0.2, 0.25) is 0 Å². The van der Waals surface area contributed by atoms with E-state index in [1.807, 2.05) is 24.3 Å². The van der Waals surface area contributed by atoms with Crippen LogP contribution in [0.1, 0.15) is 16.1 Å². The molecular weight excluding hydrogens is 258 g/mol. The second kappa shape index (κ2) is 6.51. The lowest BCUT2D eigenvalue weighted by Gasteiger charge is -2.08. The Hall–Kier alpha value is -2.63. The maximum atomic E-state index is 11.8. The van der Waals surface area contributed by atoms with Crippen LogP contribution in [0.3, 0.4) is 0 Å². The first-order valence-corrected chi connectivity index (χ1v) is 6.15. The fraction of sp³-hybridized carbons (Fsp3) is 0.214. The van der Waals surface area contributed by atoms with E-state index in [2.05, 4.69) is 15.3 Å². The molecule has 1 heterocycles. The lowest BCUT2D eigenvalue weighted by Crippen LogP contribution is -2.27. The van der Waals surface area contributed by atoms with E-state index in [-0.39, 0.29) is 17.2 Å². The number of para-hydroxylation sites is 1. The summed E-state index contributed by atoms with van der Waals surface area (Å²) < 4.78 is 5.23. The number of amides is 1. The van der Waals surface area contributed by atoms with Gasteiger partial charge in [-0.1, -0.05) is 18.2 Å². The first-order chi connectivity index (χ1) is 9.70. The molecule has 0 bridgehead atoms. The third-order valence-corrected chi connectivity index (χ3v) is 2.78. The summed E-state index contributed by atoms with van der Waals surface area (Å²) in [6.45, 7) is 0.438. The highest BCUT2D eigenvalue weighted by atomic mass is 16.5. The van der Waals surface area contributed by atoms with E-state index in [1.54, 1.807) is 7.11 Å². The molecule has 0 saturated heterocycles. The number of ether oxygens (including phenoxy) is 1. The SMILES string of the molecule is COc1ccccc1CCNC(=O)c1cc(=O)[nH]cn1. The van der Waals surface area contributed by atoms with Crippen molar-refractivity contribution in [3.05, 3.63) is 58.3 Å². The Labute approximate surface area is 115 Å². The number of hydrogen-bond donors (Lipinski definition) is 2. The highest BCUT2D eigenvalue weighted by molar-refractivity contribution is 5.92. The predicted octanol–water partition coefficient (Wildman–Crippen LogP) is 0.751. The van der Waals surface area contributed by atoms with Crippen molar-refractivity contribution in [3.8, 4) is 5.75 Å². The van der Waals surface area contributed by atoms with Crippen LogP contribution >= 0.6 is 0 Å². The van der Waals surface area contributed by atoms with Crippen LogP contribution in [0.2, 0.25) is 0 Å². The minimum atomic E-state index is -0.369. The predicted molar refractivity (Wildman–Crippen MR) is 73.9 cm³/mol. The second-order valence-electron chi connectivity index (χ2n) is 4.11. The maximum absolute atomic E-state index is 11.8. The van der Waals surface area contributed by atoms with E-state index in [0.717, 1.165) is 11.3 Å². The number of hydrogen-bond acceptors (Lipinski definition) is 4. The number of aromatic amines is 1. The summed E-state index contributed by atoms with van der Waals surface area (Å²) in [5.41, 5.74) is 0.762. The van der Waals surface area contributed by atoms with Crippen LogP contribution in [-0.4, -0.2) is 29.5 Å². The van der Waals surface area contributed by atoms with Gasteiger partial charge in [0, 0.05) is 12.6 Å². The van der Waals surface area contributed by atoms with Gasteiger partial charge in [-0.05, 0) is 18.1 Å². The topological polar surface area (TPSA) is 84.1 Å². The van der Waals surface area contributed by atoms with E-state index in [1.165, 1.54) is 12.4 Å². The molecule has 0 unspecified atom stereocenters. The Morgan fingerprint density at radius 2 is 2.20 bits per heavy atom. The first-order valence-electron chi connectivity index (χ1n) is 6.15.